The largest absolute Gasteiger partial charge is 0.495 e. The number of amides is 1. The molecule has 1 amide bonds. The van der Waals surface area contributed by atoms with Crippen molar-refractivity contribution >= 4 is 28.2 Å². The van der Waals surface area contributed by atoms with Crippen molar-refractivity contribution < 1.29 is 32.5 Å². The number of nitrogens with two attached hydrogens (primary N) is 1. The monoisotopic (exact) mass is 587 g/mol. The Labute approximate surface area is 242 Å². The number of likely N-dealkylation sites (tertiary alicyclic amines) is 1. The van der Waals surface area contributed by atoms with Crippen LogP contribution in [0.15, 0.2) is 42.5 Å². The van der Waals surface area contributed by atoms with Crippen molar-refractivity contribution in [1.82, 2.24) is 9.47 Å². The van der Waals surface area contributed by atoms with Crippen LogP contribution < -0.4 is 21.1 Å². The maximum absolute atomic E-state index is 13.6. The maximum atomic E-state index is 13.6. The number of halogens is 3. The Kier molecular flexibility index (Phi) is 10.2. The summed E-state index contributed by atoms with van der Waals surface area (Å²) < 4.78 is 52.2. The lowest BCUT2D eigenvalue weighted by Crippen LogP contribution is -2.43. The number of carbonyl (C=O) groups excluding carboxylic acids is 1. The Bertz CT molecular complexity index is 1440. The van der Waals surface area contributed by atoms with E-state index in [1.165, 1.54) is 17.7 Å². The summed E-state index contributed by atoms with van der Waals surface area (Å²) in [6.07, 6.45) is -3.30. The third kappa shape index (κ3) is 8.09. The number of piperidine rings is 1. The Balaban J connectivity index is 1.51. The summed E-state index contributed by atoms with van der Waals surface area (Å²) in [5.74, 6) is 5.61. The second-order valence-corrected chi connectivity index (χ2v) is 10.2. The second-order valence-electron chi connectivity index (χ2n) is 10.2. The number of nitrogens with zero attached hydrogens (tertiary/aromatic N) is 2. The van der Waals surface area contributed by atoms with Crippen LogP contribution in [0.4, 0.5) is 24.5 Å². The summed E-state index contributed by atoms with van der Waals surface area (Å²) in [6, 6.07) is 11.8. The molecule has 1 atom stereocenters. The number of aliphatic hydroxyl groups is 1. The first-order chi connectivity index (χ1) is 20.1. The van der Waals surface area contributed by atoms with Crippen molar-refractivity contribution in [1.29, 1.82) is 0 Å². The van der Waals surface area contributed by atoms with Crippen LogP contribution in [-0.2, 0) is 11.3 Å². The van der Waals surface area contributed by atoms with E-state index in [1.54, 1.807) is 37.4 Å². The minimum absolute atomic E-state index is 0.128. The number of anilines is 2. The van der Waals surface area contributed by atoms with Crippen LogP contribution in [0.5, 0.6) is 5.75 Å². The van der Waals surface area contributed by atoms with E-state index >= 15 is 0 Å². The molecule has 1 fully saturated rings. The molecule has 0 bridgehead atoms. The van der Waals surface area contributed by atoms with Gasteiger partial charge in [-0.2, -0.15) is 13.2 Å². The molecule has 5 N–H and O–H groups in total. The zero-order chi connectivity index (χ0) is 30.3. The predicted molar refractivity (Wildman–Crippen MR) is 156 cm³/mol. The molecule has 1 aromatic heterocycles. The molecule has 0 saturated carbocycles. The van der Waals surface area contributed by atoms with Gasteiger partial charge >= 0.3 is 6.18 Å². The molecular formula is C30H36F3N5O4. The summed E-state index contributed by atoms with van der Waals surface area (Å²) in [4.78, 5) is 13.6. The van der Waals surface area contributed by atoms with Crippen molar-refractivity contribution in [2.75, 3.05) is 57.6 Å². The van der Waals surface area contributed by atoms with Gasteiger partial charge in [-0.15, -0.1) is 0 Å². The number of β-amino-alcohol motifs (C(OH)–C–C–N with tert-alkyl or cyclic N) is 1. The quantitative estimate of drug-likeness (QED) is 0.253. The molecule has 0 radical (unpaired) electrons. The van der Waals surface area contributed by atoms with Gasteiger partial charge < -0.3 is 40.4 Å². The van der Waals surface area contributed by atoms with Gasteiger partial charge in [0.1, 0.15) is 12.3 Å². The number of ether oxygens (including phenoxy) is 2. The van der Waals surface area contributed by atoms with Crippen molar-refractivity contribution in [2.45, 2.75) is 37.7 Å². The summed E-state index contributed by atoms with van der Waals surface area (Å²) in [6.45, 7) is 1.38. The summed E-state index contributed by atoms with van der Waals surface area (Å²) in [5.41, 5.74) is 7.62. The molecule has 226 valence electrons. The summed E-state index contributed by atoms with van der Waals surface area (Å²) in [5, 5.41) is 17.3. The average molecular weight is 588 g/mol. The van der Waals surface area contributed by atoms with Gasteiger partial charge in [0.2, 0.25) is 5.91 Å². The van der Waals surface area contributed by atoms with Crippen molar-refractivity contribution in [3.63, 3.8) is 0 Å². The zero-order valence-electron chi connectivity index (χ0n) is 23.6. The fourth-order valence-corrected chi connectivity index (χ4v) is 5.15. The molecule has 0 aliphatic carbocycles. The molecule has 1 saturated heterocycles. The van der Waals surface area contributed by atoms with Gasteiger partial charge in [0.25, 0.3) is 0 Å². The molecule has 12 heteroatoms. The predicted octanol–water partition coefficient (Wildman–Crippen LogP) is 3.66. The first-order valence-electron chi connectivity index (χ1n) is 13.6. The van der Waals surface area contributed by atoms with E-state index < -0.39 is 24.7 Å². The molecule has 1 aliphatic heterocycles. The molecule has 42 heavy (non-hydrogen) atoms. The van der Waals surface area contributed by atoms with Crippen LogP contribution in [0.1, 0.15) is 28.9 Å². The van der Waals surface area contributed by atoms with Gasteiger partial charge in [-0.05, 0) is 55.2 Å². The van der Waals surface area contributed by atoms with E-state index in [0.29, 0.717) is 28.9 Å². The Morgan fingerprint density at radius 3 is 2.60 bits per heavy atom. The van der Waals surface area contributed by atoms with Crippen LogP contribution >= 0.6 is 0 Å². The highest BCUT2D eigenvalue weighted by Crippen LogP contribution is 2.31. The summed E-state index contributed by atoms with van der Waals surface area (Å²) >= 11 is 0. The molecule has 1 unspecified atom stereocenters. The van der Waals surface area contributed by atoms with Gasteiger partial charge in [0.05, 0.1) is 43.3 Å². The number of fused-ring (bicyclic) bond motifs is 1. The first-order valence-corrected chi connectivity index (χ1v) is 13.6. The lowest BCUT2D eigenvalue weighted by Gasteiger charge is -2.34. The number of aromatic nitrogens is 1. The second kappa shape index (κ2) is 13.8. The topological polar surface area (TPSA) is 114 Å². The molecule has 9 nitrogen and oxygen atoms in total. The van der Waals surface area contributed by atoms with Crippen molar-refractivity contribution in [3.8, 4) is 17.6 Å². The smallest absolute Gasteiger partial charge is 0.406 e. The Morgan fingerprint density at radius 1 is 1.17 bits per heavy atom. The number of benzene rings is 2. The normalized spacial score (nSPS) is 15.2. The van der Waals surface area contributed by atoms with E-state index in [0.717, 1.165) is 31.6 Å². The Morgan fingerprint density at radius 2 is 1.93 bits per heavy atom. The molecule has 4 rings (SSSR count). The minimum Gasteiger partial charge on any atom is -0.495 e. The lowest BCUT2D eigenvalue weighted by atomic mass is 10.0. The van der Waals surface area contributed by atoms with Crippen LogP contribution in [0.25, 0.3) is 10.9 Å². The zero-order valence-corrected chi connectivity index (χ0v) is 23.6. The number of methoxy groups -OCH3 is 2. The first kappa shape index (κ1) is 31.0. The molecule has 3 aromatic rings. The number of hydrogen-bond acceptors (Lipinski definition) is 7. The molecule has 2 aromatic carbocycles. The van der Waals surface area contributed by atoms with Crippen LogP contribution in [0, 0.1) is 11.8 Å². The molecule has 0 spiro atoms. The van der Waals surface area contributed by atoms with Gasteiger partial charge in [-0.3, -0.25) is 4.79 Å². The highest BCUT2D eigenvalue weighted by molar-refractivity contribution is 5.94. The van der Waals surface area contributed by atoms with Gasteiger partial charge in [0, 0.05) is 49.4 Å². The minimum atomic E-state index is -4.43. The number of alkyl halides is 3. The number of primary amides is 1. The van der Waals surface area contributed by atoms with Gasteiger partial charge in [-0.1, -0.05) is 12.0 Å². The maximum Gasteiger partial charge on any atom is 0.406 e. The highest BCUT2D eigenvalue weighted by atomic mass is 19.4. The highest BCUT2D eigenvalue weighted by Gasteiger charge is 2.30. The van der Waals surface area contributed by atoms with Gasteiger partial charge in [-0.25, -0.2) is 0 Å². The number of hydrogen-bond donors (Lipinski definition) is 4. The van der Waals surface area contributed by atoms with E-state index in [-0.39, 0.29) is 30.5 Å². The van der Waals surface area contributed by atoms with E-state index in [9.17, 15) is 23.1 Å². The lowest BCUT2D eigenvalue weighted by molar-refractivity contribution is -0.140. The molecule has 1 aliphatic rings. The van der Waals surface area contributed by atoms with Crippen LogP contribution in [0.2, 0.25) is 0 Å². The molecule has 2 heterocycles. The Hall–Kier alpha value is -3.92. The third-order valence-electron chi connectivity index (χ3n) is 7.13. The summed E-state index contributed by atoms with van der Waals surface area (Å²) in [7, 11) is 3.01. The molecular weight excluding hydrogens is 551 g/mol. The van der Waals surface area contributed by atoms with Crippen molar-refractivity contribution in [2.24, 2.45) is 5.73 Å². The fourth-order valence-electron chi connectivity index (χ4n) is 5.15. The van der Waals surface area contributed by atoms with E-state index in [2.05, 4.69) is 27.4 Å². The SMILES string of the molecule is COCC(O)CN1CCC(Nc2cccc3c2cc(C#CCNc2ccc(C(N)=O)cc2OC)n3CC(F)(F)F)CC1. The van der Waals surface area contributed by atoms with E-state index in [4.69, 9.17) is 15.2 Å². The van der Waals surface area contributed by atoms with E-state index in [1.807, 2.05) is 6.07 Å². The van der Waals surface area contributed by atoms with Crippen molar-refractivity contribution in [3.05, 3.63) is 53.7 Å². The van der Waals surface area contributed by atoms with Crippen LogP contribution in [0.3, 0.4) is 0 Å². The average Bonchev–Trinajstić information content (AvgIpc) is 3.28. The van der Waals surface area contributed by atoms with Crippen LogP contribution in [-0.4, -0.2) is 85.8 Å². The number of aliphatic hydroxyl groups excluding tert-OH is 1. The van der Waals surface area contributed by atoms with Gasteiger partial charge in [0.15, 0.2) is 0 Å². The third-order valence-corrected chi connectivity index (χ3v) is 7.13. The standard InChI is InChI=1S/C30H36F3N5O4/c1-41-18-23(39)17-37-13-10-21(11-14-37)36-25-6-3-7-27-24(25)16-22(38(27)19-30(31,32)33)5-4-12-35-26-9-8-20(29(34)40)15-28(26)42-2/h3,6-9,15-16,21,23,35-36,39H,10-14,17-19H2,1-2H3,(H2,34,40). The number of carbonyl (C=O) groups is 1. The fraction of sp³-hybridized carbons (Fsp3) is 0.433. The number of rotatable bonds is 11. The number of nitrogens with one attached hydrogen (secondary N) is 2.